The molecule has 9 heteroatoms. The molecule has 0 amide bonds. The van der Waals surface area contributed by atoms with E-state index < -0.39 is 42.6 Å². The monoisotopic (exact) mass is 482 g/mol. The second-order valence-electron chi connectivity index (χ2n) is 9.00. The first-order valence-corrected chi connectivity index (χ1v) is 11.2. The molecule has 5 N–H and O–H groups in total. The van der Waals surface area contributed by atoms with Crippen LogP contribution in [0.1, 0.15) is 45.6 Å². The van der Waals surface area contributed by atoms with E-state index in [1.165, 1.54) is 20.1 Å². The number of carbonyl (C=O) groups excluding carboxylic acids is 1. The first kappa shape index (κ1) is 23.5. The lowest BCUT2D eigenvalue weighted by Crippen LogP contribution is -2.58. The van der Waals surface area contributed by atoms with Crippen molar-refractivity contribution in [2.75, 3.05) is 7.11 Å². The van der Waals surface area contributed by atoms with Gasteiger partial charge in [0.15, 0.2) is 0 Å². The zero-order valence-corrected chi connectivity index (χ0v) is 19.3. The first-order chi connectivity index (χ1) is 16.6. The van der Waals surface area contributed by atoms with E-state index in [1.807, 2.05) is 0 Å². The number of hydrogen-bond acceptors (Lipinski definition) is 9. The predicted molar refractivity (Wildman–Crippen MR) is 124 cm³/mol. The Bertz CT molecular complexity index is 1330. The van der Waals surface area contributed by atoms with Gasteiger partial charge >= 0.3 is 0 Å². The van der Waals surface area contributed by atoms with Crippen LogP contribution in [0.15, 0.2) is 36.4 Å². The number of phenolic OH excluding ortho intramolecular Hbond substituents is 1. The third kappa shape index (κ3) is 3.55. The van der Waals surface area contributed by atoms with Crippen molar-refractivity contribution in [2.45, 2.75) is 50.7 Å². The molecule has 6 atom stereocenters. The highest BCUT2D eigenvalue weighted by atomic mass is 16.7. The number of ether oxygens (including phenoxy) is 3. The molecule has 9 nitrogen and oxygen atoms in total. The highest BCUT2D eigenvalue weighted by molar-refractivity contribution is 6.19. The Morgan fingerprint density at radius 1 is 0.943 bits per heavy atom. The minimum atomic E-state index is -1.55. The summed E-state index contributed by atoms with van der Waals surface area (Å²) in [5.41, 5.74) is 1.30. The molecule has 0 bridgehead atoms. The highest BCUT2D eigenvalue weighted by Crippen LogP contribution is 2.48. The van der Waals surface area contributed by atoms with Gasteiger partial charge in [-0.2, -0.15) is 0 Å². The second kappa shape index (κ2) is 8.47. The lowest BCUT2D eigenvalue weighted by Gasteiger charge is -2.39. The Labute approximate surface area is 200 Å². The van der Waals surface area contributed by atoms with Crippen LogP contribution in [0.5, 0.6) is 17.2 Å². The summed E-state index contributed by atoms with van der Waals surface area (Å²) in [7, 11) is 1.42. The quantitative estimate of drug-likeness (QED) is 0.376. The van der Waals surface area contributed by atoms with Gasteiger partial charge < -0.3 is 39.7 Å². The molecule has 35 heavy (non-hydrogen) atoms. The Balaban J connectivity index is 1.72. The van der Waals surface area contributed by atoms with E-state index in [9.17, 15) is 30.3 Å². The smallest absolute Gasteiger partial charge is 0.229 e. The standard InChI is InChI=1S/C26H26O9/c1-10-7-12-9-14(27)19-20(22(29)13-5-4-6-15(33-3)18(13)23(19)30)17(12)16(8-10)35-26-25(32)24(31)21(28)11(2)34-26/h4-9,11,21-22,24-29,31-32H,1-3H3. The van der Waals surface area contributed by atoms with Gasteiger partial charge in [-0.25, -0.2) is 0 Å². The summed E-state index contributed by atoms with van der Waals surface area (Å²) in [5, 5.41) is 53.8. The maximum absolute atomic E-state index is 13.5. The summed E-state index contributed by atoms with van der Waals surface area (Å²) >= 11 is 0. The number of ketones is 1. The normalized spacial score (nSPS) is 27.9. The maximum Gasteiger partial charge on any atom is 0.229 e. The minimum Gasteiger partial charge on any atom is -0.507 e. The molecule has 1 fully saturated rings. The molecule has 1 saturated heterocycles. The molecule has 3 aromatic carbocycles. The number of aromatic hydroxyl groups is 1. The SMILES string of the molecule is COc1cccc2c1C(=O)c1c(O)cc3cc(C)cc(OC4OC(C)C(O)C(O)C4O)c3c1C2O. The molecule has 0 radical (unpaired) electrons. The summed E-state index contributed by atoms with van der Waals surface area (Å²) < 4.78 is 16.9. The number of aliphatic hydroxyl groups excluding tert-OH is 4. The Morgan fingerprint density at radius 2 is 1.69 bits per heavy atom. The van der Waals surface area contributed by atoms with Gasteiger partial charge in [0, 0.05) is 10.9 Å². The van der Waals surface area contributed by atoms with E-state index in [0.29, 0.717) is 16.3 Å². The van der Waals surface area contributed by atoms with Gasteiger partial charge in [0.25, 0.3) is 0 Å². The van der Waals surface area contributed by atoms with Crippen molar-refractivity contribution in [1.29, 1.82) is 0 Å². The zero-order chi connectivity index (χ0) is 25.2. The lowest BCUT2D eigenvalue weighted by atomic mass is 9.79. The summed E-state index contributed by atoms with van der Waals surface area (Å²) in [6, 6.07) is 9.70. The zero-order valence-electron chi connectivity index (χ0n) is 19.3. The van der Waals surface area contributed by atoms with Gasteiger partial charge in [-0.3, -0.25) is 4.79 Å². The van der Waals surface area contributed by atoms with Crippen LogP contribution in [-0.2, 0) is 4.74 Å². The van der Waals surface area contributed by atoms with E-state index >= 15 is 0 Å². The third-order valence-corrected chi connectivity index (χ3v) is 6.72. The van der Waals surface area contributed by atoms with E-state index in [1.54, 1.807) is 37.3 Å². The van der Waals surface area contributed by atoms with Crippen LogP contribution >= 0.6 is 0 Å². The van der Waals surface area contributed by atoms with E-state index in [-0.39, 0.29) is 33.9 Å². The fraction of sp³-hybridized carbons (Fsp3) is 0.346. The van der Waals surface area contributed by atoms with Crippen LogP contribution in [0.4, 0.5) is 0 Å². The fourth-order valence-electron chi connectivity index (χ4n) is 4.98. The number of aliphatic hydroxyl groups is 4. The largest absolute Gasteiger partial charge is 0.507 e. The molecule has 0 spiro atoms. The topological polar surface area (TPSA) is 146 Å². The molecule has 0 saturated carbocycles. The van der Waals surface area contributed by atoms with Gasteiger partial charge in [0.2, 0.25) is 12.1 Å². The summed E-state index contributed by atoms with van der Waals surface area (Å²) in [6.07, 6.45) is -7.79. The van der Waals surface area contributed by atoms with Crippen molar-refractivity contribution in [1.82, 2.24) is 0 Å². The third-order valence-electron chi connectivity index (χ3n) is 6.72. The van der Waals surface area contributed by atoms with E-state index in [0.717, 1.165) is 5.56 Å². The van der Waals surface area contributed by atoms with Crippen molar-refractivity contribution in [2.24, 2.45) is 0 Å². The molecule has 2 aliphatic rings. The number of rotatable bonds is 3. The van der Waals surface area contributed by atoms with Crippen molar-refractivity contribution >= 4 is 16.6 Å². The maximum atomic E-state index is 13.5. The van der Waals surface area contributed by atoms with E-state index in [2.05, 4.69) is 0 Å². The van der Waals surface area contributed by atoms with Gasteiger partial charge in [0.1, 0.15) is 41.7 Å². The second-order valence-corrected chi connectivity index (χ2v) is 9.00. The molecule has 1 heterocycles. The molecule has 5 rings (SSSR count). The van der Waals surface area contributed by atoms with Crippen LogP contribution in [-0.4, -0.2) is 69.1 Å². The number of carbonyl (C=O) groups is 1. The van der Waals surface area contributed by atoms with E-state index in [4.69, 9.17) is 14.2 Å². The van der Waals surface area contributed by atoms with Gasteiger partial charge in [-0.05, 0) is 48.6 Å². The summed E-state index contributed by atoms with van der Waals surface area (Å²) in [6.45, 7) is 3.33. The fourth-order valence-corrected chi connectivity index (χ4v) is 4.98. The minimum absolute atomic E-state index is 0.0790. The molecular formula is C26H26O9. The van der Waals surface area contributed by atoms with Gasteiger partial charge in [-0.15, -0.1) is 0 Å². The number of hydrogen-bond donors (Lipinski definition) is 5. The Kier molecular flexibility index (Phi) is 5.70. The summed E-state index contributed by atoms with van der Waals surface area (Å²) in [4.78, 5) is 13.5. The van der Waals surface area contributed by atoms with Crippen LogP contribution in [0.25, 0.3) is 10.8 Å². The van der Waals surface area contributed by atoms with Crippen LogP contribution in [0.2, 0.25) is 0 Å². The molecule has 3 aromatic rings. The molecule has 184 valence electrons. The predicted octanol–water partition coefficient (Wildman–Crippen LogP) is 1.69. The molecule has 6 unspecified atom stereocenters. The van der Waals surface area contributed by atoms with Crippen molar-refractivity contribution < 1.29 is 44.5 Å². The highest BCUT2D eigenvalue weighted by Gasteiger charge is 2.44. The number of aryl methyl sites for hydroxylation is 1. The average molecular weight is 482 g/mol. The summed E-state index contributed by atoms with van der Waals surface area (Å²) in [5.74, 6) is -0.359. The lowest BCUT2D eigenvalue weighted by molar-refractivity contribution is -0.267. The molecular weight excluding hydrogens is 456 g/mol. The van der Waals surface area contributed by atoms with Crippen molar-refractivity contribution in [3.8, 4) is 17.2 Å². The molecule has 0 aromatic heterocycles. The van der Waals surface area contributed by atoms with Gasteiger partial charge in [-0.1, -0.05) is 18.2 Å². The van der Waals surface area contributed by atoms with Crippen LogP contribution in [0, 0.1) is 6.92 Å². The number of phenols is 1. The Morgan fingerprint density at radius 3 is 2.40 bits per heavy atom. The van der Waals surface area contributed by atoms with Crippen LogP contribution in [0.3, 0.4) is 0 Å². The van der Waals surface area contributed by atoms with Crippen molar-refractivity contribution in [3.05, 3.63) is 64.2 Å². The number of methoxy groups -OCH3 is 1. The van der Waals surface area contributed by atoms with Gasteiger partial charge in [0.05, 0.1) is 24.3 Å². The molecule has 1 aliphatic carbocycles. The Hall–Kier alpha value is -3.21. The van der Waals surface area contributed by atoms with Crippen molar-refractivity contribution in [3.63, 3.8) is 0 Å². The number of fused-ring (bicyclic) bond motifs is 4. The molecule has 1 aliphatic heterocycles. The number of benzene rings is 3. The van der Waals surface area contributed by atoms with Crippen LogP contribution < -0.4 is 9.47 Å². The average Bonchev–Trinajstić information content (AvgIpc) is 2.83. The first-order valence-electron chi connectivity index (χ1n) is 11.2.